The molecule has 0 aliphatic carbocycles. The highest BCUT2D eigenvalue weighted by Crippen LogP contribution is 2.28. The Kier molecular flexibility index (Phi) is 3.53. The van der Waals surface area contributed by atoms with Crippen molar-refractivity contribution in [2.45, 2.75) is 19.4 Å². The largest absolute Gasteiger partial charge is 0.328 e. The van der Waals surface area contributed by atoms with Crippen LogP contribution in [-0.2, 0) is 6.42 Å². The third-order valence-corrected chi connectivity index (χ3v) is 3.61. The zero-order valence-corrected chi connectivity index (χ0v) is 11.7. The summed E-state index contributed by atoms with van der Waals surface area (Å²) in [6.07, 6.45) is 0.926. The second-order valence-corrected chi connectivity index (χ2v) is 5.41. The first kappa shape index (κ1) is 12.9. The summed E-state index contributed by atoms with van der Waals surface area (Å²) >= 11 is 0. The molecule has 3 aromatic rings. The van der Waals surface area contributed by atoms with Gasteiger partial charge in [0.2, 0.25) is 0 Å². The lowest BCUT2D eigenvalue weighted by Gasteiger charge is -2.09. The molecule has 0 saturated carbocycles. The maximum absolute atomic E-state index is 5.85. The second kappa shape index (κ2) is 5.48. The number of hydrogen-bond acceptors (Lipinski definition) is 1. The first-order valence-corrected chi connectivity index (χ1v) is 7.07. The van der Waals surface area contributed by atoms with E-state index >= 15 is 0 Å². The van der Waals surface area contributed by atoms with Gasteiger partial charge in [0.25, 0.3) is 0 Å². The quantitative estimate of drug-likeness (QED) is 0.743. The number of fused-ring (bicyclic) bond motifs is 1. The third kappa shape index (κ3) is 2.59. The van der Waals surface area contributed by atoms with Gasteiger partial charge in [-0.1, -0.05) is 66.7 Å². The number of rotatable bonds is 3. The molecule has 1 heteroatoms. The van der Waals surface area contributed by atoms with Crippen LogP contribution in [0.25, 0.3) is 21.9 Å². The van der Waals surface area contributed by atoms with Gasteiger partial charge in [-0.05, 0) is 40.8 Å². The Hall–Kier alpha value is -2.12. The summed E-state index contributed by atoms with van der Waals surface area (Å²) in [5, 5.41) is 2.58. The average molecular weight is 261 g/mol. The Morgan fingerprint density at radius 1 is 0.850 bits per heavy atom. The van der Waals surface area contributed by atoms with Crippen molar-refractivity contribution in [3.63, 3.8) is 0 Å². The Labute approximate surface area is 120 Å². The van der Waals surface area contributed by atoms with Crippen LogP contribution in [0, 0.1) is 0 Å². The standard InChI is InChI=1S/C19H19N/c1-14(20)13-15-9-11-17(12-10-15)19-8-4-6-16-5-2-3-7-18(16)19/h2-12,14H,13,20H2,1H3/t14-/m1/s1. The molecule has 2 N–H and O–H groups in total. The van der Waals surface area contributed by atoms with Gasteiger partial charge in [-0.3, -0.25) is 0 Å². The first-order chi connectivity index (χ1) is 9.74. The highest BCUT2D eigenvalue weighted by Gasteiger charge is 2.04. The summed E-state index contributed by atoms with van der Waals surface area (Å²) in [4.78, 5) is 0. The van der Waals surface area contributed by atoms with Crippen LogP contribution in [0.1, 0.15) is 12.5 Å². The molecule has 3 aromatic carbocycles. The molecule has 0 aliphatic heterocycles. The van der Waals surface area contributed by atoms with E-state index in [4.69, 9.17) is 5.73 Å². The van der Waals surface area contributed by atoms with Crippen LogP contribution in [0.15, 0.2) is 66.7 Å². The second-order valence-electron chi connectivity index (χ2n) is 5.41. The molecule has 3 rings (SSSR count). The monoisotopic (exact) mass is 261 g/mol. The van der Waals surface area contributed by atoms with Crippen LogP contribution in [-0.4, -0.2) is 6.04 Å². The molecule has 100 valence electrons. The molecule has 1 atom stereocenters. The Morgan fingerprint density at radius 3 is 2.30 bits per heavy atom. The maximum atomic E-state index is 5.85. The van der Waals surface area contributed by atoms with Crippen molar-refractivity contribution < 1.29 is 0 Å². The van der Waals surface area contributed by atoms with Gasteiger partial charge in [0.15, 0.2) is 0 Å². The Bertz CT molecular complexity index is 706. The SMILES string of the molecule is C[C@@H](N)Cc1ccc(-c2cccc3ccccc23)cc1. The molecular weight excluding hydrogens is 242 g/mol. The molecular formula is C19H19N. The molecule has 0 spiro atoms. The molecule has 20 heavy (non-hydrogen) atoms. The van der Waals surface area contributed by atoms with E-state index in [0.29, 0.717) is 0 Å². The van der Waals surface area contributed by atoms with E-state index in [1.165, 1.54) is 27.5 Å². The van der Waals surface area contributed by atoms with E-state index in [-0.39, 0.29) is 6.04 Å². The highest BCUT2D eigenvalue weighted by atomic mass is 14.6. The van der Waals surface area contributed by atoms with Gasteiger partial charge in [0.05, 0.1) is 0 Å². The van der Waals surface area contributed by atoms with Crippen LogP contribution in [0.5, 0.6) is 0 Å². The average Bonchev–Trinajstić information content (AvgIpc) is 2.47. The summed E-state index contributed by atoms with van der Waals surface area (Å²) in [6.45, 7) is 2.04. The Balaban J connectivity index is 2.03. The van der Waals surface area contributed by atoms with Crippen molar-refractivity contribution in [2.75, 3.05) is 0 Å². The maximum Gasteiger partial charge on any atom is 0.00509 e. The van der Waals surface area contributed by atoms with Gasteiger partial charge >= 0.3 is 0 Å². The number of hydrogen-bond donors (Lipinski definition) is 1. The predicted molar refractivity (Wildman–Crippen MR) is 86.7 cm³/mol. The molecule has 0 saturated heterocycles. The van der Waals surface area contributed by atoms with E-state index < -0.39 is 0 Å². The molecule has 0 bridgehead atoms. The van der Waals surface area contributed by atoms with Gasteiger partial charge in [0.1, 0.15) is 0 Å². The van der Waals surface area contributed by atoms with Gasteiger partial charge < -0.3 is 5.73 Å². The minimum absolute atomic E-state index is 0.207. The number of nitrogens with two attached hydrogens (primary N) is 1. The summed E-state index contributed by atoms with van der Waals surface area (Å²) < 4.78 is 0. The molecule has 0 radical (unpaired) electrons. The smallest absolute Gasteiger partial charge is 0.00509 e. The molecule has 0 aromatic heterocycles. The number of benzene rings is 3. The lowest BCUT2D eigenvalue weighted by molar-refractivity contribution is 0.738. The molecule has 1 nitrogen and oxygen atoms in total. The zero-order chi connectivity index (χ0) is 13.9. The summed E-state index contributed by atoms with van der Waals surface area (Å²) in [5.74, 6) is 0. The van der Waals surface area contributed by atoms with Crippen molar-refractivity contribution in [2.24, 2.45) is 5.73 Å². The van der Waals surface area contributed by atoms with E-state index in [1.54, 1.807) is 0 Å². The molecule has 0 fully saturated rings. The Morgan fingerprint density at radius 2 is 1.55 bits per heavy atom. The lowest BCUT2D eigenvalue weighted by Crippen LogP contribution is -2.17. The fraction of sp³-hybridized carbons (Fsp3) is 0.158. The minimum atomic E-state index is 0.207. The molecule has 0 unspecified atom stereocenters. The van der Waals surface area contributed by atoms with Gasteiger partial charge in [0, 0.05) is 6.04 Å². The van der Waals surface area contributed by atoms with Crippen LogP contribution in [0.2, 0.25) is 0 Å². The summed E-state index contributed by atoms with van der Waals surface area (Å²) in [7, 11) is 0. The van der Waals surface area contributed by atoms with Crippen molar-refractivity contribution in [1.29, 1.82) is 0 Å². The first-order valence-electron chi connectivity index (χ1n) is 7.07. The van der Waals surface area contributed by atoms with E-state index in [0.717, 1.165) is 6.42 Å². The fourth-order valence-electron chi connectivity index (χ4n) is 2.67. The van der Waals surface area contributed by atoms with E-state index in [1.807, 2.05) is 6.92 Å². The van der Waals surface area contributed by atoms with Crippen LogP contribution < -0.4 is 5.73 Å². The van der Waals surface area contributed by atoms with Crippen molar-refractivity contribution >= 4 is 10.8 Å². The van der Waals surface area contributed by atoms with Crippen molar-refractivity contribution in [3.8, 4) is 11.1 Å². The summed E-state index contributed by atoms with van der Waals surface area (Å²) in [6, 6.07) is 23.9. The minimum Gasteiger partial charge on any atom is -0.328 e. The predicted octanol–water partition coefficient (Wildman–Crippen LogP) is 4.40. The van der Waals surface area contributed by atoms with Crippen LogP contribution in [0.4, 0.5) is 0 Å². The third-order valence-electron chi connectivity index (χ3n) is 3.61. The molecule has 0 heterocycles. The summed E-state index contributed by atoms with van der Waals surface area (Å²) in [5.41, 5.74) is 9.69. The van der Waals surface area contributed by atoms with Crippen molar-refractivity contribution in [1.82, 2.24) is 0 Å². The highest BCUT2D eigenvalue weighted by molar-refractivity contribution is 5.96. The molecule has 0 aliphatic rings. The zero-order valence-electron chi connectivity index (χ0n) is 11.7. The van der Waals surface area contributed by atoms with Crippen LogP contribution in [0.3, 0.4) is 0 Å². The van der Waals surface area contributed by atoms with E-state index in [2.05, 4.69) is 66.7 Å². The lowest BCUT2D eigenvalue weighted by atomic mass is 9.96. The van der Waals surface area contributed by atoms with Gasteiger partial charge in [-0.25, -0.2) is 0 Å². The van der Waals surface area contributed by atoms with Gasteiger partial charge in [-0.2, -0.15) is 0 Å². The van der Waals surface area contributed by atoms with Crippen molar-refractivity contribution in [3.05, 3.63) is 72.3 Å². The van der Waals surface area contributed by atoms with E-state index in [9.17, 15) is 0 Å². The molecule has 0 amide bonds. The van der Waals surface area contributed by atoms with Gasteiger partial charge in [-0.15, -0.1) is 0 Å². The van der Waals surface area contributed by atoms with Crippen LogP contribution >= 0.6 is 0 Å². The normalized spacial score (nSPS) is 12.5. The fourth-order valence-corrected chi connectivity index (χ4v) is 2.67. The topological polar surface area (TPSA) is 26.0 Å².